The number of para-hydroxylation sites is 1. The number of carbonyl (C=O) groups is 2. The molecule has 0 atom stereocenters. The normalized spacial score (nSPS) is 14.8. The molecule has 0 fully saturated rings. The second-order valence-corrected chi connectivity index (χ2v) is 7.98. The average molecular weight is 448 g/mol. The van der Waals surface area contributed by atoms with Crippen LogP contribution in [0.3, 0.4) is 0 Å². The zero-order chi connectivity index (χ0) is 22.4. The Labute approximate surface area is 184 Å². The average Bonchev–Trinajstić information content (AvgIpc) is 3.41. The number of amides is 1. The first-order valence-corrected chi connectivity index (χ1v) is 10.6. The van der Waals surface area contributed by atoms with Crippen LogP contribution in [0.1, 0.15) is 12.5 Å². The first-order chi connectivity index (χ1) is 15.5. The summed E-state index contributed by atoms with van der Waals surface area (Å²) in [7, 11) is 0. The summed E-state index contributed by atoms with van der Waals surface area (Å²) in [4.78, 5) is 43.4. The molecule has 160 valence electrons. The van der Waals surface area contributed by atoms with Crippen molar-refractivity contribution in [2.24, 2.45) is 0 Å². The predicted molar refractivity (Wildman–Crippen MR) is 118 cm³/mol. The molecule has 1 N–H and O–H groups in total. The number of carboxylic acid groups (broad SMARTS) is 1. The van der Waals surface area contributed by atoms with Gasteiger partial charge in [0.05, 0.1) is 17.9 Å². The van der Waals surface area contributed by atoms with Crippen LogP contribution in [0.4, 0.5) is 5.69 Å². The summed E-state index contributed by atoms with van der Waals surface area (Å²) >= 11 is 1.06. The fraction of sp³-hybridized carbons (Fsp3) is 0.136. The van der Waals surface area contributed by atoms with Gasteiger partial charge >= 0.3 is 5.97 Å². The molecular weight excluding hydrogens is 432 g/mol. The topological polar surface area (TPSA) is 114 Å². The van der Waals surface area contributed by atoms with E-state index in [1.54, 1.807) is 36.4 Å². The van der Waals surface area contributed by atoms with Crippen molar-refractivity contribution >= 4 is 39.4 Å². The van der Waals surface area contributed by atoms with Gasteiger partial charge in [-0.15, -0.1) is 5.10 Å². The number of aliphatic carboxylic acids is 1. The van der Waals surface area contributed by atoms with Gasteiger partial charge < -0.3 is 9.84 Å². The Hall–Kier alpha value is -4.05. The molecule has 2 aromatic carbocycles. The number of fused-ring (bicyclic) bond motifs is 2. The SMILES string of the molecule is CCOc1ccc(-c2nc3s/c(=C4\C(=O)N(CC(=O)O)c5ccccc54)c(=O)n3n2)cc1. The van der Waals surface area contributed by atoms with Crippen LogP contribution in [0.15, 0.2) is 53.3 Å². The maximum absolute atomic E-state index is 13.1. The first-order valence-electron chi connectivity index (χ1n) is 9.78. The van der Waals surface area contributed by atoms with E-state index in [0.717, 1.165) is 27.5 Å². The highest BCUT2D eigenvalue weighted by molar-refractivity contribution is 7.15. The lowest BCUT2D eigenvalue weighted by Crippen LogP contribution is -2.35. The summed E-state index contributed by atoms with van der Waals surface area (Å²) in [5.74, 6) is -0.551. The van der Waals surface area contributed by atoms with Crippen molar-refractivity contribution in [2.45, 2.75) is 6.92 Å². The molecule has 0 saturated carbocycles. The summed E-state index contributed by atoms with van der Waals surface area (Å²) in [6, 6.07) is 14.0. The van der Waals surface area contributed by atoms with E-state index < -0.39 is 24.0 Å². The Bertz CT molecular complexity index is 1490. The molecule has 5 rings (SSSR count). The Balaban J connectivity index is 1.63. The van der Waals surface area contributed by atoms with Gasteiger partial charge in [0.2, 0.25) is 4.96 Å². The van der Waals surface area contributed by atoms with E-state index >= 15 is 0 Å². The zero-order valence-corrected chi connectivity index (χ0v) is 17.6. The smallest absolute Gasteiger partial charge is 0.323 e. The lowest BCUT2D eigenvalue weighted by Gasteiger charge is -2.13. The summed E-state index contributed by atoms with van der Waals surface area (Å²) in [6.45, 7) is 1.97. The van der Waals surface area contributed by atoms with E-state index in [2.05, 4.69) is 10.1 Å². The first kappa shape index (κ1) is 19.9. The number of anilines is 1. The third-order valence-electron chi connectivity index (χ3n) is 5.02. The molecule has 2 aromatic heterocycles. The van der Waals surface area contributed by atoms with Crippen molar-refractivity contribution in [3.8, 4) is 17.1 Å². The molecule has 4 aromatic rings. The van der Waals surface area contributed by atoms with E-state index in [0.29, 0.717) is 28.6 Å². The van der Waals surface area contributed by atoms with Gasteiger partial charge in [0, 0.05) is 11.1 Å². The lowest BCUT2D eigenvalue weighted by atomic mass is 10.1. The Morgan fingerprint density at radius 2 is 1.88 bits per heavy atom. The highest BCUT2D eigenvalue weighted by Gasteiger charge is 2.35. The lowest BCUT2D eigenvalue weighted by molar-refractivity contribution is -0.136. The Morgan fingerprint density at radius 1 is 1.12 bits per heavy atom. The molecule has 0 spiro atoms. The van der Waals surface area contributed by atoms with Gasteiger partial charge in [-0.05, 0) is 37.3 Å². The number of rotatable bonds is 5. The fourth-order valence-electron chi connectivity index (χ4n) is 3.67. The number of benzene rings is 2. The zero-order valence-electron chi connectivity index (χ0n) is 16.8. The van der Waals surface area contributed by atoms with Crippen LogP contribution >= 0.6 is 11.3 Å². The van der Waals surface area contributed by atoms with E-state index in [1.165, 1.54) is 4.52 Å². The van der Waals surface area contributed by atoms with Crippen molar-refractivity contribution in [1.29, 1.82) is 0 Å². The van der Waals surface area contributed by atoms with Crippen LogP contribution in [0.25, 0.3) is 21.9 Å². The number of thiazole rings is 1. The summed E-state index contributed by atoms with van der Waals surface area (Å²) in [5.41, 5.74) is 1.42. The van der Waals surface area contributed by atoms with Gasteiger partial charge in [-0.25, -0.2) is 0 Å². The number of carbonyl (C=O) groups excluding carboxylic acids is 1. The summed E-state index contributed by atoms with van der Waals surface area (Å²) in [5, 5.41) is 13.5. The molecule has 0 radical (unpaired) electrons. The van der Waals surface area contributed by atoms with Crippen molar-refractivity contribution in [2.75, 3.05) is 18.1 Å². The van der Waals surface area contributed by atoms with Gasteiger partial charge in [-0.1, -0.05) is 29.5 Å². The quantitative estimate of drug-likeness (QED) is 0.493. The monoisotopic (exact) mass is 448 g/mol. The number of nitrogens with zero attached hydrogens (tertiary/aromatic N) is 4. The standard InChI is InChI=1S/C22H16N4O5S/c1-2-31-13-9-7-12(8-10-13)19-23-22-26(24-19)21(30)18(32-22)17-14-5-3-4-6-15(14)25(20(17)29)11-16(27)28/h3-10H,2,11H2,1H3,(H,27,28)/b18-17-. The van der Waals surface area contributed by atoms with Crippen molar-refractivity contribution in [3.63, 3.8) is 0 Å². The third kappa shape index (κ3) is 3.12. The second kappa shape index (κ2) is 7.57. The van der Waals surface area contributed by atoms with Gasteiger partial charge in [-0.3, -0.25) is 19.3 Å². The van der Waals surface area contributed by atoms with Crippen molar-refractivity contribution in [1.82, 2.24) is 14.6 Å². The number of aromatic nitrogens is 3. The minimum atomic E-state index is -1.14. The predicted octanol–water partition coefficient (Wildman–Crippen LogP) is 1.57. The number of hydrogen-bond donors (Lipinski definition) is 1. The molecule has 0 unspecified atom stereocenters. The van der Waals surface area contributed by atoms with Crippen molar-refractivity contribution < 1.29 is 19.4 Å². The molecule has 0 saturated heterocycles. The molecule has 0 aliphatic carbocycles. The Kier molecular flexibility index (Phi) is 4.71. The van der Waals surface area contributed by atoms with Gasteiger partial charge in [0.1, 0.15) is 16.8 Å². The third-order valence-corrected chi connectivity index (χ3v) is 6.05. The molecule has 1 aliphatic heterocycles. The molecule has 1 amide bonds. The van der Waals surface area contributed by atoms with Crippen LogP contribution in [0, 0.1) is 0 Å². The molecular formula is C22H16N4O5S. The van der Waals surface area contributed by atoms with Crippen LogP contribution in [0.2, 0.25) is 0 Å². The highest BCUT2D eigenvalue weighted by atomic mass is 32.1. The number of ether oxygens (including phenoxy) is 1. The Morgan fingerprint density at radius 3 is 2.56 bits per heavy atom. The van der Waals surface area contributed by atoms with Gasteiger partial charge in [0.15, 0.2) is 5.82 Å². The summed E-state index contributed by atoms with van der Waals surface area (Å²) in [6.07, 6.45) is 0. The van der Waals surface area contributed by atoms with Crippen LogP contribution in [0.5, 0.6) is 5.75 Å². The van der Waals surface area contributed by atoms with E-state index in [9.17, 15) is 19.5 Å². The molecule has 10 heteroatoms. The molecule has 3 heterocycles. The highest BCUT2D eigenvalue weighted by Crippen LogP contribution is 2.35. The number of hydrogen-bond acceptors (Lipinski definition) is 7. The van der Waals surface area contributed by atoms with Crippen LogP contribution in [-0.4, -0.2) is 44.7 Å². The number of carboxylic acids is 1. The maximum atomic E-state index is 13.1. The minimum Gasteiger partial charge on any atom is -0.494 e. The van der Waals surface area contributed by atoms with Gasteiger partial charge in [-0.2, -0.15) is 9.50 Å². The largest absolute Gasteiger partial charge is 0.494 e. The molecule has 32 heavy (non-hydrogen) atoms. The summed E-state index contributed by atoms with van der Waals surface area (Å²) < 4.78 is 6.79. The fourth-order valence-corrected chi connectivity index (χ4v) is 4.66. The van der Waals surface area contributed by atoms with Crippen molar-refractivity contribution in [3.05, 3.63) is 69.0 Å². The van der Waals surface area contributed by atoms with E-state index in [-0.39, 0.29) is 10.1 Å². The molecule has 1 aliphatic rings. The molecule has 0 bridgehead atoms. The van der Waals surface area contributed by atoms with E-state index in [1.807, 2.05) is 19.1 Å². The van der Waals surface area contributed by atoms with Gasteiger partial charge in [0.25, 0.3) is 11.5 Å². The molecule has 9 nitrogen and oxygen atoms in total. The van der Waals surface area contributed by atoms with Crippen LogP contribution in [-0.2, 0) is 9.59 Å². The maximum Gasteiger partial charge on any atom is 0.323 e. The second-order valence-electron chi connectivity index (χ2n) is 7.00. The van der Waals surface area contributed by atoms with Crippen LogP contribution < -0.4 is 19.7 Å². The van der Waals surface area contributed by atoms with E-state index in [4.69, 9.17) is 4.74 Å². The minimum absolute atomic E-state index is 0.173.